The number of halogens is 4. The summed E-state index contributed by atoms with van der Waals surface area (Å²) in [6.07, 6.45) is 0.495. The molecular formula is C15H13Cl2F2N. The summed E-state index contributed by atoms with van der Waals surface area (Å²) in [7, 11) is 1.74. The Hall–Kier alpha value is -1.16. The second-order valence-electron chi connectivity index (χ2n) is 4.46. The Kier molecular flexibility index (Phi) is 4.97. The summed E-state index contributed by atoms with van der Waals surface area (Å²) in [5.41, 5.74) is 1.34. The Morgan fingerprint density at radius 2 is 1.80 bits per heavy atom. The van der Waals surface area contributed by atoms with Crippen molar-refractivity contribution in [1.82, 2.24) is 5.32 Å². The van der Waals surface area contributed by atoms with Gasteiger partial charge < -0.3 is 5.32 Å². The molecule has 0 aliphatic carbocycles. The average molecular weight is 316 g/mol. The van der Waals surface area contributed by atoms with Crippen LogP contribution in [0.25, 0.3) is 0 Å². The van der Waals surface area contributed by atoms with Crippen LogP contribution in [0.5, 0.6) is 0 Å². The molecule has 20 heavy (non-hydrogen) atoms. The molecule has 0 amide bonds. The smallest absolute Gasteiger partial charge is 0.141 e. The van der Waals surface area contributed by atoms with Crippen molar-refractivity contribution in [2.24, 2.45) is 0 Å². The predicted molar refractivity (Wildman–Crippen MR) is 78.3 cm³/mol. The van der Waals surface area contributed by atoms with Gasteiger partial charge in [-0.1, -0.05) is 35.3 Å². The van der Waals surface area contributed by atoms with Crippen molar-refractivity contribution in [2.45, 2.75) is 12.5 Å². The molecule has 1 nitrogen and oxygen atoms in total. The maximum absolute atomic E-state index is 13.9. The fraction of sp³-hybridized carbons (Fsp3) is 0.200. The topological polar surface area (TPSA) is 12.0 Å². The second-order valence-corrected chi connectivity index (χ2v) is 5.30. The maximum Gasteiger partial charge on any atom is 0.141 e. The van der Waals surface area contributed by atoms with Crippen LogP contribution < -0.4 is 5.32 Å². The minimum absolute atomic E-state index is 0.0638. The zero-order valence-electron chi connectivity index (χ0n) is 10.8. The van der Waals surface area contributed by atoms with Gasteiger partial charge in [0.15, 0.2) is 0 Å². The van der Waals surface area contributed by atoms with Gasteiger partial charge in [0.2, 0.25) is 0 Å². The molecule has 0 aromatic heterocycles. The Morgan fingerprint density at radius 3 is 2.40 bits per heavy atom. The molecule has 0 aliphatic heterocycles. The lowest BCUT2D eigenvalue weighted by atomic mass is 9.98. The van der Waals surface area contributed by atoms with Crippen LogP contribution in [-0.4, -0.2) is 7.05 Å². The van der Waals surface area contributed by atoms with E-state index in [0.29, 0.717) is 17.0 Å². The maximum atomic E-state index is 13.9. The van der Waals surface area contributed by atoms with Gasteiger partial charge in [0, 0.05) is 16.6 Å². The zero-order valence-corrected chi connectivity index (χ0v) is 12.3. The standard InChI is InChI=1S/C15H13Cl2F2N/c1-20-15(11-4-3-10(16)8-14(11)19)7-9-2-5-13(18)12(17)6-9/h2-6,8,15,20H,7H2,1H3. The third kappa shape index (κ3) is 3.48. The normalized spacial score (nSPS) is 12.4. The van der Waals surface area contributed by atoms with Gasteiger partial charge in [-0.15, -0.1) is 0 Å². The van der Waals surface area contributed by atoms with E-state index in [1.54, 1.807) is 31.3 Å². The fourth-order valence-corrected chi connectivity index (χ4v) is 2.42. The minimum Gasteiger partial charge on any atom is -0.313 e. The van der Waals surface area contributed by atoms with Crippen LogP contribution in [0.4, 0.5) is 8.78 Å². The summed E-state index contributed by atoms with van der Waals surface area (Å²) >= 11 is 11.5. The second kappa shape index (κ2) is 6.53. The van der Waals surface area contributed by atoms with E-state index in [-0.39, 0.29) is 16.9 Å². The summed E-state index contributed by atoms with van der Waals surface area (Å²) in [4.78, 5) is 0. The lowest BCUT2D eigenvalue weighted by Gasteiger charge is -2.18. The lowest BCUT2D eigenvalue weighted by Crippen LogP contribution is -2.20. The molecule has 2 aromatic carbocycles. The summed E-state index contributed by atoms with van der Waals surface area (Å²) in [5, 5.41) is 3.46. The van der Waals surface area contributed by atoms with Gasteiger partial charge in [-0.05, 0) is 43.3 Å². The number of benzene rings is 2. The summed E-state index contributed by atoms with van der Waals surface area (Å²) < 4.78 is 27.1. The van der Waals surface area contributed by atoms with Gasteiger partial charge >= 0.3 is 0 Å². The van der Waals surface area contributed by atoms with Crippen LogP contribution >= 0.6 is 23.2 Å². The molecule has 1 atom stereocenters. The summed E-state index contributed by atoms with van der Waals surface area (Å²) in [6.45, 7) is 0. The highest BCUT2D eigenvalue weighted by Crippen LogP contribution is 2.25. The molecule has 0 radical (unpaired) electrons. The molecule has 0 saturated carbocycles. The first-order valence-electron chi connectivity index (χ1n) is 6.07. The fourth-order valence-electron chi connectivity index (χ4n) is 2.05. The van der Waals surface area contributed by atoms with Crippen molar-refractivity contribution in [2.75, 3.05) is 7.05 Å². The van der Waals surface area contributed by atoms with Crippen LogP contribution in [0.1, 0.15) is 17.2 Å². The Bertz CT molecular complexity index is 617. The van der Waals surface area contributed by atoms with E-state index in [0.717, 1.165) is 5.56 Å². The van der Waals surface area contributed by atoms with Crippen LogP contribution in [0.2, 0.25) is 10.0 Å². The minimum atomic E-state index is -0.464. The van der Waals surface area contributed by atoms with Gasteiger partial charge in [-0.3, -0.25) is 0 Å². The van der Waals surface area contributed by atoms with Crippen molar-refractivity contribution in [3.05, 3.63) is 69.2 Å². The van der Waals surface area contributed by atoms with E-state index in [1.165, 1.54) is 12.1 Å². The number of likely N-dealkylation sites (N-methyl/N-ethyl adjacent to an activating group) is 1. The van der Waals surface area contributed by atoms with E-state index in [1.807, 2.05) is 0 Å². The monoisotopic (exact) mass is 315 g/mol. The van der Waals surface area contributed by atoms with Crippen LogP contribution in [0.3, 0.4) is 0 Å². The number of nitrogens with one attached hydrogen (secondary N) is 1. The molecule has 2 rings (SSSR count). The average Bonchev–Trinajstić information content (AvgIpc) is 2.41. The van der Waals surface area contributed by atoms with Gasteiger partial charge in [-0.25, -0.2) is 8.78 Å². The Morgan fingerprint density at radius 1 is 1.05 bits per heavy atom. The first-order valence-corrected chi connectivity index (χ1v) is 6.83. The summed E-state index contributed by atoms with van der Waals surface area (Å²) in [5.74, 6) is -0.834. The van der Waals surface area contributed by atoms with E-state index in [9.17, 15) is 8.78 Å². The molecule has 1 unspecified atom stereocenters. The molecule has 0 heterocycles. The van der Waals surface area contributed by atoms with Crippen molar-refractivity contribution in [1.29, 1.82) is 0 Å². The van der Waals surface area contributed by atoms with E-state index in [4.69, 9.17) is 23.2 Å². The first-order chi connectivity index (χ1) is 9.51. The number of hydrogen-bond acceptors (Lipinski definition) is 1. The molecule has 5 heteroatoms. The molecular weight excluding hydrogens is 303 g/mol. The molecule has 0 saturated heterocycles. The van der Waals surface area contributed by atoms with E-state index < -0.39 is 5.82 Å². The van der Waals surface area contributed by atoms with Crippen molar-refractivity contribution in [3.8, 4) is 0 Å². The van der Waals surface area contributed by atoms with Crippen molar-refractivity contribution >= 4 is 23.2 Å². The van der Waals surface area contributed by atoms with Gasteiger partial charge in [0.25, 0.3) is 0 Å². The largest absolute Gasteiger partial charge is 0.313 e. The molecule has 0 fully saturated rings. The number of hydrogen-bond donors (Lipinski definition) is 1. The Labute approximate surface area is 126 Å². The molecule has 106 valence electrons. The third-order valence-electron chi connectivity index (χ3n) is 3.11. The lowest BCUT2D eigenvalue weighted by molar-refractivity contribution is 0.533. The van der Waals surface area contributed by atoms with Gasteiger partial charge in [0.1, 0.15) is 11.6 Å². The van der Waals surface area contributed by atoms with Crippen LogP contribution in [-0.2, 0) is 6.42 Å². The molecule has 1 N–H and O–H groups in total. The van der Waals surface area contributed by atoms with Gasteiger partial charge in [-0.2, -0.15) is 0 Å². The van der Waals surface area contributed by atoms with E-state index >= 15 is 0 Å². The zero-order chi connectivity index (χ0) is 14.7. The Balaban J connectivity index is 2.26. The first kappa shape index (κ1) is 15.2. The predicted octanol–water partition coefficient (Wildman–Crippen LogP) is 4.77. The highest BCUT2D eigenvalue weighted by Gasteiger charge is 2.15. The quantitative estimate of drug-likeness (QED) is 0.856. The molecule has 2 aromatic rings. The van der Waals surface area contributed by atoms with Gasteiger partial charge in [0.05, 0.1) is 5.02 Å². The highest BCUT2D eigenvalue weighted by molar-refractivity contribution is 6.31. The molecule has 0 spiro atoms. The number of rotatable bonds is 4. The van der Waals surface area contributed by atoms with E-state index in [2.05, 4.69) is 5.32 Å². The van der Waals surface area contributed by atoms with Crippen molar-refractivity contribution < 1.29 is 8.78 Å². The van der Waals surface area contributed by atoms with Crippen molar-refractivity contribution in [3.63, 3.8) is 0 Å². The SMILES string of the molecule is CNC(Cc1ccc(F)c(Cl)c1)c1ccc(Cl)cc1F. The highest BCUT2D eigenvalue weighted by atomic mass is 35.5. The molecule has 0 bridgehead atoms. The third-order valence-corrected chi connectivity index (χ3v) is 3.63. The molecule has 0 aliphatic rings. The van der Waals surface area contributed by atoms with Crippen LogP contribution in [0.15, 0.2) is 36.4 Å². The van der Waals surface area contributed by atoms with Crippen LogP contribution in [0, 0.1) is 11.6 Å². The summed E-state index contributed by atoms with van der Waals surface area (Å²) in [6, 6.07) is 8.82.